The minimum absolute atomic E-state index is 0.0824. The molecule has 0 radical (unpaired) electrons. The Kier molecular flexibility index (Phi) is 8.42. The van der Waals surface area contributed by atoms with Gasteiger partial charge in [0.2, 0.25) is 0 Å². The number of halogens is 3. The van der Waals surface area contributed by atoms with Crippen molar-refractivity contribution in [3.63, 3.8) is 0 Å². The van der Waals surface area contributed by atoms with Crippen molar-refractivity contribution in [2.24, 2.45) is 4.99 Å². The van der Waals surface area contributed by atoms with Crippen LogP contribution in [0.15, 0.2) is 72.4 Å². The highest BCUT2D eigenvalue weighted by atomic mass is 79.9. The molecule has 0 fully saturated rings. The smallest absolute Gasteiger partial charge is 0.338 e. The zero-order valence-electron chi connectivity index (χ0n) is 22.1. The molecule has 14 heteroatoms. The molecule has 4 aromatic rings. The Morgan fingerprint density at radius 3 is 2.67 bits per heavy atom. The highest BCUT2D eigenvalue weighted by Gasteiger charge is 2.33. The average Bonchev–Trinajstić information content (AvgIpc) is 3.52. The predicted octanol–water partition coefficient (Wildman–Crippen LogP) is 6.04. The van der Waals surface area contributed by atoms with Gasteiger partial charge >= 0.3 is 5.97 Å². The van der Waals surface area contributed by atoms with Crippen molar-refractivity contribution in [3.05, 3.63) is 109 Å². The lowest BCUT2D eigenvalue weighted by molar-refractivity contribution is -0.384. The summed E-state index contributed by atoms with van der Waals surface area (Å²) in [6.07, 6.45) is 1.55. The van der Waals surface area contributed by atoms with Gasteiger partial charge in [-0.1, -0.05) is 40.6 Å². The molecule has 0 bridgehead atoms. The minimum Gasteiger partial charge on any atom is -0.496 e. The number of carbonyl (C=O) groups is 1. The number of esters is 1. The maximum atomic E-state index is 13.8. The van der Waals surface area contributed by atoms with Gasteiger partial charge in [0.25, 0.3) is 11.2 Å². The van der Waals surface area contributed by atoms with E-state index in [-0.39, 0.29) is 33.5 Å². The number of methoxy groups -OCH3 is 1. The van der Waals surface area contributed by atoms with Crippen LogP contribution >= 0.6 is 50.5 Å². The van der Waals surface area contributed by atoms with Crippen molar-refractivity contribution in [1.82, 2.24) is 4.57 Å². The van der Waals surface area contributed by atoms with Crippen LogP contribution in [0.2, 0.25) is 10.0 Å². The zero-order valence-corrected chi connectivity index (χ0v) is 26.1. The number of aromatic nitrogens is 1. The number of fused-ring (bicyclic) bond motifs is 1. The van der Waals surface area contributed by atoms with E-state index < -0.39 is 16.9 Å². The van der Waals surface area contributed by atoms with E-state index >= 15 is 0 Å². The van der Waals surface area contributed by atoms with Crippen molar-refractivity contribution in [1.29, 1.82) is 0 Å². The molecule has 2 aromatic heterocycles. The van der Waals surface area contributed by atoms with Gasteiger partial charge in [-0.05, 0) is 65.7 Å². The fraction of sp³-hybridized carbons (Fsp3) is 0.179. The Bertz CT molecular complexity index is 1980. The van der Waals surface area contributed by atoms with Crippen LogP contribution in [0.1, 0.15) is 31.2 Å². The number of benzene rings is 2. The second-order valence-electron chi connectivity index (χ2n) is 8.94. The largest absolute Gasteiger partial charge is 0.496 e. The molecule has 5 rings (SSSR count). The molecule has 3 heterocycles. The standard InChI is InChI=1S/C28H20BrCl2N3O7S/c1-4-40-27(36)24-13(2)32-28-33(25(24)14-5-7-22(39-3)17(29)9-14)26(35)23(42-28)10-15-6-8-21(41-15)16-11-19(31)20(34(37)38)12-18(16)30/h5-12,25H,4H2,1-3H3/b23-10+/t25-/m0/s1. The van der Waals surface area contributed by atoms with Gasteiger partial charge in [-0.15, -0.1) is 0 Å². The first-order chi connectivity index (χ1) is 20.0. The number of ether oxygens (including phenoxy) is 2. The summed E-state index contributed by atoms with van der Waals surface area (Å²) in [6.45, 7) is 3.56. The van der Waals surface area contributed by atoms with Crippen molar-refractivity contribution in [2.45, 2.75) is 19.9 Å². The fourth-order valence-electron chi connectivity index (χ4n) is 4.53. The average molecular weight is 693 g/mol. The van der Waals surface area contributed by atoms with E-state index in [1.54, 1.807) is 57.4 Å². The van der Waals surface area contributed by atoms with E-state index in [1.165, 1.54) is 10.6 Å². The molecule has 2 aromatic carbocycles. The first-order valence-electron chi connectivity index (χ1n) is 12.3. The summed E-state index contributed by atoms with van der Waals surface area (Å²) >= 11 is 17.0. The lowest BCUT2D eigenvalue weighted by Crippen LogP contribution is -2.39. The third-order valence-corrected chi connectivity index (χ3v) is 8.63. The zero-order chi connectivity index (χ0) is 30.3. The Morgan fingerprint density at radius 2 is 2.00 bits per heavy atom. The molecule has 0 unspecified atom stereocenters. The molecule has 0 N–H and O–H groups in total. The lowest BCUT2D eigenvalue weighted by Gasteiger charge is -2.25. The van der Waals surface area contributed by atoms with Gasteiger partial charge in [0.05, 0.1) is 50.0 Å². The van der Waals surface area contributed by atoms with Gasteiger partial charge in [0, 0.05) is 17.7 Å². The van der Waals surface area contributed by atoms with Crippen LogP contribution < -0.4 is 19.6 Å². The molecule has 42 heavy (non-hydrogen) atoms. The van der Waals surface area contributed by atoms with Crippen LogP contribution in [0.4, 0.5) is 5.69 Å². The van der Waals surface area contributed by atoms with Crippen LogP contribution in [0.5, 0.6) is 5.75 Å². The first kappa shape index (κ1) is 29.8. The Hall–Kier alpha value is -3.71. The van der Waals surface area contributed by atoms with Crippen molar-refractivity contribution in [3.8, 4) is 17.1 Å². The highest BCUT2D eigenvalue weighted by Crippen LogP contribution is 2.38. The summed E-state index contributed by atoms with van der Waals surface area (Å²) in [5, 5.41) is 11.2. The summed E-state index contributed by atoms with van der Waals surface area (Å²) in [7, 11) is 1.54. The molecule has 1 atom stereocenters. The maximum Gasteiger partial charge on any atom is 0.338 e. The van der Waals surface area contributed by atoms with Crippen LogP contribution in [0.3, 0.4) is 0 Å². The topological polar surface area (TPSA) is 126 Å². The van der Waals surface area contributed by atoms with E-state index in [9.17, 15) is 19.7 Å². The summed E-state index contributed by atoms with van der Waals surface area (Å²) < 4.78 is 19.0. The summed E-state index contributed by atoms with van der Waals surface area (Å²) in [5.74, 6) is 0.648. The number of nitrogens with zero attached hydrogens (tertiary/aromatic N) is 3. The molecule has 0 saturated carbocycles. The minimum atomic E-state index is -0.808. The third-order valence-electron chi connectivity index (χ3n) is 6.41. The SMILES string of the molecule is CCOC(=O)C1=C(C)N=c2s/c(=C/c3ccc(-c4cc(Cl)c([N+](=O)[O-])cc4Cl)o3)c(=O)n2[C@H]1c1ccc(OC)c(Br)c1. The number of hydrogen-bond donors (Lipinski definition) is 0. The first-order valence-corrected chi connectivity index (χ1v) is 14.7. The number of furan rings is 1. The molecule has 10 nitrogen and oxygen atoms in total. The number of thiazole rings is 1. The molecule has 0 spiro atoms. The molecular formula is C28H20BrCl2N3O7S. The van der Waals surface area contributed by atoms with Crippen molar-refractivity contribution >= 4 is 68.2 Å². The predicted molar refractivity (Wildman–Crippen MR) is 162 cm³/mol. The van der Waals surface area contributed by atoms with Crippen LogP contribution in [-0.4, -0.2) is 29.2 Å². The van der Waals surface area contributed by atoms with E-state index in [4.69, 9.17) is 37.1 Å². The van der Waals surface area contributed by atoms with E-state index in [2.05, 4.69) is 20.9 Å². The maximum absolute atomic E-state index is 13.8. The second-order valence-corrected chi connectivity index (χ2v) is 11.6. The van der Waals surface area contributed by atoms with Crippen LogP contribution in [-0.2, 0) is 9.53 Å². The lowest BCUT2D eigenvalue weighted by atomic mass is 9.96. The van der Waals surface area contributed by atoms with Gasteiger partial charge in [-0.25, -0.2) is 9.79 Å². The number of nitro groups is 1. The monoisotopic (exact) mass is 691 g/mol. The summed E-state index contributed by atoms with van der Waals surface area (Å²) in [5.41, 5.74) is 0.973. The number of carbonyl (C=O) groups excluding carboxylic acids is 1. The van der Waals surface area contributed by atoms with Gasteiger partial charge in [-0.2, -0.15) is 0 Å². The molecule has 216 valence electrons. The quantitative estimate of drug-likeness (QED) is 0.131. The van der Waals surface area contributed by atoms with Gasteiger partial charge in [0.15, 0.2) is 4.80 Å². The van der Waals surface area contributed by atoms with E-state index in [0.29, 0.717) is 47.9 Å². The van der Waals surface area contributed by atoms with Crippen molar-refractivity contribution < 1.29 is 23.6 Å². The Balaban J connectivity index is 1.63. The molecule has 1 aliphatic rings. The van der Waals surface area contributed by atoms with Gasteiger partial charge < -0.3 is 13.9 Å². The fourth-order valence-corrected chi connectivity index (χ4v) is 6.60. The summed E-state index contributed by atoms with van der Waals surface area (Å²) in [4.78, 5) is 42.5. The van der Waals surface area contributed by atoms with Crippen LogP contribution in [0, 0.1) is 10.1 Å². The summed E-state index contributed by atoms with van der Waals surface area (Å²) in [6, 6.07) is 10.3. The van der Waals surface area contributed by atoms with Gasteiger partial charge in [-0.3, -0.25) is 19.5 Å². The van der Waals surface area contributed by atoms with E-state index in [0.717, 1.165) is 17.4 Å². The Morgan fingerprint density at radius 1 is 1.24 bits per heavy atom. The van der Waals surface area contributed by atoms with Crippen LogP contribution in [0.25, 0.3) is 17.4 Å². The second kappa shape index (κ2) is 11.9. The van der Waals surface area contributed by atoms with Gasteiger partial charge in [0.1, 0.15) is 22.3 Å². The number of allylic oxidation sites excluding steroid dienone is 1. The number of hydrogen-bond acceptors (Lipinski definition) is 9. The van der Waals surface area contributed by atoms with E-state index in [1.807, 2.05) is 0 Å². The molecule has 0 aliphatic carbocycles. The molecule has 1 aliphatic heterocycles. The molecule has 0 amide bonds. The van der Waals surface area contributed by atoms with Crippen molar-refractivity contribution in [2.75, 3.05) is 13.7 Å². The number of rotatable bonds is 7. The normalized spacial score (nSPS) is 14.9. The Labute approximate surface area is 260 Å². The number of nitro benzene ring substituents is 1. The third kappa shape index (κ3) is 5.42. The molecule has 0 saturated heterocycles. The highest BCUT2D eigenvalue weighted by molar-refractivity contribution is 9.10. The molecular weight excluding hydrogens is 673 g/mol.